The molecule has 0 saturated heterocycles. The van der Waals surface area contributed by atoms with Crippen LogP contribution in [-0.4, -0.2) is 7.05 Å². The predicted molar refractivity (Wildman–Crippen MR) is 83.9 cm³/mol. The standard InChI is InChI=1S/C17H26ClN/c1-12-10-15(16(18)11-13(12)2)17(19-3)9-8-14-6-4-5-7-14/h10-11,14,17,19H,4-9H2,1-3H3. The summed E-state index contributed by atoms with van der Waals surface area (Å²) in [4.78, 5) is 0. The Morgan fingerprint density at radius 2 is 1.84 bits per heavy atom. The first kappa shape index (κ1) is 14.9. The van der Waals surface area contributed by atoms with E-state index in [1.54, 1.807) is 0 Å². The molecule has 1 fully saturated rings. The van der Waals surface area contributed by atoms with E-state index in [0.717, 1.165) is 10.9 Å². The third kappa shape index (κ3) is 3.73. The molecule has 2 heteroatoms. The second-order valence-electron chi connectivity index (χ2n) is 6.03. The van der Waals surface area contributed by atoms with Gasteiger partial charge in [-0.15, -0.1) is 0 Å². The van der Waals surface area contributed by atoms with E-state index < -0.39 is 0 Å². The van der Waals surface area contributed by atoms with E-state index in [1.165, 1.54) is 55.2 Å². The van der Waals surface area contributed by atoms with Crippen LogP contribution in [0.2, 0.25) is 5.02 Å². The number of halogens is 1. The van der Waals surface area contributed by atoms with Crippen LogP contribution >= 0.6 is 11.6 Å². The Morgan fingerprint density at radius 3 is 2.47 bits per heavy atom. The smallest absolute Gasteiger partial charge is 0.0456 e. The summed E-state index contributed by atoms with van der Waals surface area (Å²) in [6.45, 7) is 4.29. The third-order valence-electron chi connectivity index (χ3n) is 4.68. The SMILES string of the molecule is CNC(CCC1CCCC1)c1cc(C)c(C)cc1Cl. The van der Waals surface area contributed by atoms with Gasteiger partial charge >= 0.3 is 0 Å². The van der Waals surface area contributed by atoms with E-state index >= 15 is 0 Å². The van der Waals surface area contributed by atoms with Gasteiger partial charge in [0.25, 0.3) is 0 Å². The molecule has 0 bridgehead atoms. The molecule has 0 aromatic heterocycles. The summed E-state index contributed by atoms with van der Waals surface area (Å²) in [6.07, 6.45) is 8.24. The average molecular weight is 280 g/mol. The van der Waals surface area contributed by atoms with Gasteiger partial charge in [0.1, 0.15) is 0 Å². The number of nitrogens with one attached hydrogen (secondary N) is 1. The molecular formula is C17H26ClN. The largest absolute Gasteiger partial charge is 0.313 e. The fraction of sp³-hybridized carbons (Fsp3) is 0.647. The number of rotatable bonds is 5. The lowest BCUT2D eigenvalue weighted by molar-refractivity contribution is 0.427. The normalized spacial score (nSPS) is 17.9. The summed E-state index contributed by atoms with van der Waals surface area (Å²) in [5.74, 6) is 0.946. The maximum absolute atomic E-state index is 6.43. The van der Waals surface area contributed by atoms with Gasteiger partial charge in [-0.1, -0.05) is 43.4 Å². The van der Waals surface area contributed by atoms with E-state index in [4.69, 9.17) is 11.6 Å². The first-order valence-corrected chi connectivity index (χ1v) is 7.93. The minimum Gasteiger partial charge on any atom is -0.313 e. The van der Waals surface area contributed by atoms with Crippen molar-refractivity contribution in [3.63, 3.8) is 0 Å². The van der Waals surface area contributed by atoms with Crippen LogP contribution in [0.1, 0.15) is 61.3 Å². The molecule has 1 atom stereocenters. The van der Waals surface area contributed by atoms with Crippen LogP contribution in [0.4, 0.5) is 0 Å². The molecule has 1 N–H and O–H groups in total. The van der Waals surface area contributed by atoms with E-state index in [-0.39, 0.29) is 0 Å². The summed E-state index contributed by atoms with van der Waals surface area (Å²) in [7, 11) is 2.05. The van der Waals surface area contributed by atoms with Crippen molar-refractivity contribution in [3.8, 4) is 0 Å². The van der Waals surface area contributed by atoms with Gasteiger partial charge < -0.3 is 5.32 Å². The summed E-state index contributed by atoms with van der Waals surface area (Å²) >= 11 is 6.43. The molecule has 0 amide bonds. The minimum absolute atomic E-state index is 0.396. The molecule has 1 unspecified atom stereocenters. The second kappa shape index (κ2) is 6.76. The van der Waals surface area contributed by atoms with Gasteiger partial charge in [-0.25, -0.2) is 0 Å². The maximum atomic E-state index is 6.43. The minimum atomic E-state index is 0.396. The van der Waals surface area contributed by atoms with Gasteiger partial charge in [0.05, 0.1) is 0 Å². The van der Waals surface area contributed by atoms with Crippen LogP contribution < -0.4 is 5.32 Å². The molecule has 2 rings (SSSR count). The highest BCUT2D eigenvalue weighted by Crippen LogP contribution is 2.34. The first-order chi connectivity index (χ1) is 9.11. The van der Waals surface area contributed by atoms with Crippen LogP contribution in [0.5, 0.6) is 0 Å². The Kier molecular flexibility index (Phi) is 5.29. The highest BCUT2D eigenvalue weighted by Gasteiger charge is 2.19. The van der Waals surface area contributed by atoms with Crippen molar-refractivity contribution >= 4 is 11.6 Å². The number of benzene rings is 1. The van der Waals surface area contributed by atoms with Crippen molar-refractivity contribution in [3.05, 3.63) is 33.8 Å². The Balaban J connectivity index is 2.05. The van der Waals surface area contributed by atoms with Crippen molar-refractivity contribution in [2.75, 3.05) is 7.05 Å². The van der Waals surface area contributed by atoms with E-state index in [9.17, 15) is 0 Å². The van der Waals surface area contributed by atoms with Crippen molar-refractivity contribution < 1.29 is 0 Å². The van der Waals surface area contributed by atoms with Crippen molar-refractivity contribution in [2.24, 2.45) is 5.92 Å². The molecule has 1 nitrogen and oxygen atoms in total. The molecule has 0 radical (unpaired) electrons. The molecule has 0 spiro atoms. The van der Waals surface area contributed by atoms with E-state index in [1.807, 2.05) is 7.05 Å². The fourth-order valence-corrected chi connectivity index (χ4v) is 3.58. The Bertz CT molecular complexity index is 422. The summed E-state index contributed by atoms with van der Waals surface area (Å²) in [5.41, 5.74) is 3.88. The fourth-order valence-electron chi connectivity index (χ4n) is 3.23. The first-order valence-electron chi connectivity index (χ1n) is 7.55. The van der Waals surface area contributed by atoms with Crippen LogP contribution in [0.15, 0.2) is 12.1 Å². The van der Waals surface area contributed by atoms with Gasteiger partial charge in [0, 0.05) is 11.1 Å². The molecule has 0 aliphatic heterocycles. The zero-order valence-electron chi connectivity index (χ0n) is 12.4. The molecule has 1 saturated carbocycles. The number of hydrogen-bond acceptors (Lipinski definition) is 1. The highest BCUT2D eigenvalue weighted by molar-refractivity contribution is 6.31. The zero-order chi connectivity index (χ0) is 13.8. The van der Waals surface area contributed by atoms with Gasteiger partial charge in [0.15, 0.2) is 0 Å². The van der Waals surface area contributed by atoms with Crippen molar-refractivity contribution in [2.45, 2.75) is 58.4 Å². The topological polar surface area (TPSA) is 12.0 Å². The van der Waals surface area contributed by atoms with E-state index in [2.05, 4.69) is 31.3 Å². The second-order valence-corrected chi connectivity index (χ2v) is 6.43. The Labute approximate surface area is 122 Å². The Hall–Kier alpha value is -0.530. The van der Waals surface area contributed by atoms with Gasteiger partial charge in [-0.3, -0.25) is 0 Å². The van der Waals surface area contributed by atoms with Gasteiger partial charge in [-0.05, 0) is 62.4 Å². The molecular weight excluding hydrogens is 254 g/mol. The van der Waals surface area contributed by atoms with Crippen LogP contribution in [0.25, 0.3) is 0 Å². The van der Waals surface area contributed by atoms with Gasteiger partial charge in [-0.2, -0.15) is 0 Å². The lowest BCUT2D eigenvalue weighted by atomic mass is 9.93. The monoisotopic (exact) mass is 279 g/mol. The molecule has 1 aliphatic carbocycles. The molecule has 106 valence electrons. The number of hydrogen-bond donors (Lipinski definition) is 1. The molecule has 1 aliphatic rings. The summed E-state index contributed by atoms with van der Waals surface area (Å²) in [6, 6.07) is 4.76. The molecule has 0 heterocycles. The van der Waals surface area contributed by atoms with Gasteiger partial charge in [0.2, 0.25) is 0 Å². The lowest BCUT2D eigenvalue weighted by Crippen LogP contribution is -2.18. The van der Waals surface area contributed by atoms with Crippen molar-refractivity contribution in [1.82, 2.24) is 5.32 Å². The zero-order valence-corrected chi connectivity index (χ0v) is 13.2. The quantitative estimate of drug-likeness (QED) is 0.782. The average Bonchev–Trinajstić information content (AvgIpc) is 2.89. The Morgan fingerprint density at radius 1 is 1.21 bits per heavy atom. The third-order valence-corrected chi connectivity index (χ3v) is 5.00. The van der Waals surface area contributed by atoms with Crippen LogP contribution in [0, 0.1) is 19.8 Å². The van der Waals surface area contributed by atoms with Crippen molar-refractivity contribution in [1.29, 1.82) is 0 Å². The molecule has 19 heavy (non-hydrogen) atoms. The number of aryl methyl sites for hydroxylation is 2. The van der Waals surface area contributed by atoms with E-state index in [0.29, 0.717) is 6.04 Å². The van der Waals surface area contributed by atoms with Crippen LogP contribution in [0.3, 0.4) is 0 Å². The molecule has 1 aromatic rings. The van der Waals surface area contributed by atoms with Crippen LogP contribution in [-0.2, 0) is 0 Å². The molecule has 1 aromatic carbocycles. The highest BCUT2D eigenvalue weighted by atomic mass is 35.5. The lowest BCUT2D eigenvalue weighted by Gasteiger charge is -2.21. The summed E-state index contributed by atoms with van der Waals surface area (Å²) < 4.78 is 0. The summed E-state index contributed by atoms with van der Waals surface area (Å²) in [5, 5.41) is 4.36. The predicted octanol–water partition coefficient (Wildman–Crippen LogP) is 5.19. The maximum Gasteiger partial charge on any atom is 0.0456 e.